The van der Waals surface area contributed by atoms with Crippen LogP contribution < -0.4 is 9.64 Å². The summed E-state index contributed by atoms with van der Waals surface area (Å²) in [5.41, 5.74) is 1.59. The summed E-state index contributed by atoms with van der Waals surface area (Å²) in [5.74, 6) is 0.764. The fourth-order valence-electron chi connectivity index (χ4n) is 2.80. The second kappa shape index (κ2) is 7.32. The van der Waals surface area contributed by atoms with E-state index in [-0.39, 0.29) is 5.91 Å². The Bertz CT molecular complexity index is 726. The Morgan fingerprint density at radius 2 is 1.67 bits per heavy atom. The third-order valence-electron chi connectivity index (χ3n) is 4.19. The second-order valence-electron chi connectivity index (χ2n) is 5.58. The van der Waals surface area contributed by atoms with Crippen LogP contribution in [0.5, 0.6) is 5.75 Å². The van der Waals surface area contributed by atoms with E-state index in [4.69, 9.17) is 27.9 Å². The number of carbonyl (C=O) groups is 1. The molecule has 0 bridgehead atoms. The summed E-state index contributed by atoms with van der Waals surface area (Å²) in [6.45, 7) is 2.84. The Hall–Kier alpha value is -1.91. The monoisotopic (exact) mass is 364 g/mol. The Balaban J connectivity index is 1.66. The van der Waals surface area contributed by atoms with Gasteiger partial charge in [0.1, 0.15) is 5.75 Å². The molecule has 1 heterocycles. The number of hydrogen-bond acceptors (Lipinski definition) is 3. The molecule has 1 saturated heterocycles. The molecule has 0 spiro atoms. The first-order chi connectivity index (χ1) is 11.6. The minimum Gasteiger partial charge on any atom is -0.497 e. The molecule has 6 heteroatoms. The highest BCUT2D eigenvalue weighted by Gasteiger charge is 2.24. The van der Waals surface area contributed by atoms with Crippen LogP contribution >= 0.6 is 23.2 Å². The van der Waals surface area contributed by atoms with Gasteiger partial charge >= 0.3 is 0 Å². The summed E-state index contributed by atoms with van der Waals surface area (Å²) in [7, 11) is 1.65. The number of methoxy groups -OCH3 is 1. The number of rotatable bonds is 3. The van der Waals surface area contributed by atoms with Gasteiger partial charge in [-0.3, -0.25) is 4.79 Å². The molecule has 3 rings (SSSR count). The van der Waals surface area contributed by atoms with E-state index in [9.17, 15) is 4.79 Å². The van der Waals surface area contributed by atoms with Crippen LogP contribution in [-0.2, 0) is 0 Å². The fraction of sp³-hybridized carbons (Fsp3) is 0.278. The zero-order chi connectivity index (χ0) is 17.1. The largest absolute Gasteiger partial charge is 0.497 e. The van der Waals surface area contributed by atoms with Gasteiger partial charge in [0.25, 0.3) is 5.91 Å². The summed E-state index contributed by atoms with van der Waals surface area (Å²) in [4.78, 5) is 16.7. The standard InChI is InChI=1S/C18H18Cl2N2O2/c1-24-14-7-5-13(6-8-14)21-9-11-22(12-10-21)18(23)15-3-2-4-16(19)17(15)20/h2-8H,9-12H2,1H3. The normalized spacial score (nSPS) is 14.6. The van der Waals surface area contributed by atoms with Gasteiger partial charge in [0.2, 0.25) is 0 Å². The summed E-state index contributed by atoms with van der Waals surface area (Å²) in [6, 6.07) is 13.1. The van der Waals surface area contributed by atoms with Crippen LogP contribution in [-0.4, -0.2) is 44.1 Å². The Morgan fingerprint density at radius 1 is 1.00 bits per heavy atom. The van der Waals surface area contributed by atoms with E-state index >= 15 is 0 Å². The van der Waals surface area contributed by atoms with Gasteiger partial charge in [0, 0.05) is 31.9 Å². The lowest BCUT2D eigenvalue weighted by molar-refractivity contribution is 0.0747. The molecule has 2 aromatic rings. The number of benzene rings is 2. The van der Waals surface area contributed by atoms with Gasteiger partial charge < -0.3 is 14.5 Å². The van der Waals surface area contributed by atoms with Gasteiger partial charge in [-0.2, -0.15) is 0 Å². The maximum atomic E-state index is 12.6. The molecule has 126 valence electrons. The minimum atomic E-state index is -0.0723. The Kier molecular flexibility index (Phi) is 5.17. The zero-order valence-electron chi connectivity index (χ0n) is 13.3. The first-order valence-corrected chi connectivity index (χ1v) is 8.48. The van der Waals surface area contributed by atoms with Gasteiger partial charge in [-0.15, -0.1) is 0 Å². The highest BCUT2D eigenvalue weighted by atomic mass is 35.5. The van der Waals surface area contributed by atoms with E-state index in [1.165, 1.54) is 0 Å². The van der Waals surface area contributed by atoms with E-state index < -0.39 is 0 Å². The SMILES string of the molecule is COc1ccc(N2CCN(C(=O)c3cccc(Cl)c3Cl)CC2)cc1. The van der Waals surface area contributed by atoms with Crippen molar-refractivity contribution in [1.29, 1.82) is 0 Å². The maximum Gasteiger partial charge on any atom is 0.255 e. The average molecular weight is 365 g/mol. The molecule has 0 aromatic heterocycles. The number of halogens is 2. The van der Waals surface area contributed by atoms with Gasteiger partial charge in [0.15, 0.2) is 0 Å². The zero-order valence-corrected chi connectivity index (χ0v) is 14.8. The van der Waals surface area contributed by atoms with Crippen molar-refractivity contribution >= 4 is 34.8 Å². The lowest BCUT2D eigenvalue weighted by Crippen LogP contribution is -2.48. The fourth-order valence-corrected chi connectivity index (χ4v) is 3.18. The average Bonchev–Trinajstić information content (AvgIpc) is 2.64. The van der Waals surface area contributed by atoms with Crippen molar-refractivity contribution in [3.8, 4) is 5.75 Å². The molecule has 0 saturated carbocycles. The molecule has 0 aliphatic carbocycles. The lowest BCUT2D eigenvalue weighted by Gasteiger charge is -2.36. The number of ether oxygens (including phenoxy) is 1. The number of hydrogen-bond donors (Lipinski definition) is 0. The summed E-state index contributed by atoms with van der Waals surface area (Å²) in [5, 5.41) is 0.723. The van der Waals surface area contributed by atoms with Crippen LogP contribution in [0.2, 0.25) is 10.0 Å². The van der Waals surface area contributed by atoms with E-state index in [1.807, 2.05) is 29.2 Å². The maximum absolute atomic E-state index is 12.6. The molecule has 4 nitrogen and oxygen atoms in total. The summed E-state index contributed by atoms with van der Waals surface area (Å²) >= 11 is 12.2. The molecule has 2 aromatic carbocycles. The molecule has 1 aliphatic heterocycles. The van der Waals surface area contributed by atoms with Gasteiger partial charge in [-0.25, -0.2) is 0 Å². The second-order valence-corrected chi connectivity index (χ2v) is 6.36. The summed E-state index contributed by atoms with van der Waals surface area (Å²) in [6.07, 6.45) is 0. The third kappa shape index (κ3) is 3.45. The van der Waals surface area contributed by atoms with Gasteiger partial charge in [0.05, 0.1) is 22.7 Å². The van der Waals surface area contributed by atoms with Gasteiger partial charge in [-0.05, 0) is 36.4 Å². The molecule has 1 amide bonds. The van der Waals surface area contributed by atoms with Crippen LogP contribution in [0.4, 0.5) is 5.69 Å². The van der Waals surface area contributed by atoms with Crippen molar-refractivity contribution in [2.45, 2.75) is 0 Å². The first-order valence-electron chi connectivity index (χ1n) is 7.72. The van der Waals surface area contributed by atoms with Crippen molar-refractivity contribution in [3.05, 3.63) is 58.1 Å². The van der Waals surface area contributed by atoms with E-state index in [2.05, 4.69) is 4.90 Å². The van der Waals surface area contributed by atoms with Crippen LogP contribution in [0.1, 0.15) is 10.4 Å². The smallest absolute Gasteiger partial charge is 0.255 e. The van der Waals surface area contributed by atoms with Crippen molar-refractivity contribution < 1.29 is 9.53 Å². The molecule has 0 atom stereocenters. The van der Waals surface area contributed by atoms with E-state index in [0.717, 1.165) is 24.5 Å². The predicted octanol–water partition coefficient (Wildman–Crippen LogP) is 3.96. The highest BCUT2D eigenvalue weighted by molar-refractivity contribution is 6.43. The number of piperazine rings is 1. The first kappa shape index (κ1) is 16.9. The van der Waals surface area contributed by atoms with Crippen LogP contribution in [0.25, 0.3) is 0 Å². The molecule has 1 aliphatic rings. The number of carbonyl (C=O) groups excluding carboxylic acids is 1. The molecule has 0 N–H and O–H groups in total. The third-order valence-corrected chi connectivity index (χ3v) is 5.01. The topological polar surface area (TPSA) is 32.8 Å². The van der Waals surface area contributed by atoms with Crippen LogP contribution in [0.3, 0.4) is 0 Å². The van der Waals surface area contributed by atoms with Crippen molar-refractivity contribution in [2.75, 3.05) is 38.2 Å². The number of nitrogens with zero attached hydrogens (tertiary/aromatic N) is 2. The molecule has 0 unspecified atom stereocenters. The van der Waals surface area contributed by atoms with Crippen molar-refractivity contribution in [3.63, 3.8) is 0 Å². The summed E-state index contributed by atoms with van der Waals surface area (Å²) < 4.78 is 5.18. The number of amides is 1. The van der Waals surface area contributed by atoms with Gasteiger partial charge in [-0.1, -0.05) is 29.3 Å². The van der Waals surface area contributed by atoms with Crippen molar-refractivity contribution in [2.24, 2.45) is 0 Å². The quantitative estimate of drug-likeness (QED) is 0.825. The molecule has 0 radical (unpaired) electrons. The molecular weight excluding hydrogens is 347 g/mol. The minimum absolute atomic E-state index is 0.0723. The Labute approximate surface area is 151 Å². The van der Waals surface area contributed by atoms with E-state index in [1.54, 1.807) is 25.3 Å². The highest BCUT2D eigenvalue weighted by Crippen LogP contribution is 2.27. The van der Waals surface area contributed by atoms with Crippen LogP contribution in [0, 0.1) is 0 Å². The van der Waals surface area contributed by atoms with Crippen molar-refractivity contribution in [1.82, 2.24) is 4.90 Å². The molecule has 24 heavy (non-hydrogen) atoms. The molecular formula is C18H18Cl2N2O2. The number of anilines is 1. The van der Waals surface area contributed by atoms with E-state index in [0.29, 0.717) is 28.7 Å². The van der Waals surface area contributed by atoms with Crippen LogP contribution in [0.15, 0.2) is 42.5 Å². The Morgan fingerprint density at radius 3 is 2.29 bits per heavy atom. The lowest BCUT2D eigenvalue weighted by atomic mass is 10.1. The predicted molar refractivity (Wildman–Crippen MR) is 97.6 cm³/mol. The molecule has 1 fully saturated rings.